The van der Waals surface area contributed by atoms with Gasteiger partial charge in [0.05, 0.1) is 11.0 Å². The third-order valence-corrected chi connectivity index (χ3v) is 4.28. The molecule has 1 N–H and O–H groups in total. The van der Waals surface area contributed by atoms with E-state index in [4.69, 9.17) is 4.98 Å². The number of benzene rings is 2. The normalized spacial score (nSPS) is 11.0. The standard InChI is InChI=1S/C20H25N3/c1-3-5-10-15-23-19-14-9-8-13-18(19)22-20(23)21-17-12-7-6-11-16(17)4-2/h6-9,11-14H,3-5,10,15H2,1-2H3,(H,21,22). The third-order valence-electron chi connectivity index (χ3n) is 4.28. The SMILES string of the molecule is CCCCCn1c(Nc2ccccc2CC)nc2ccccc21. The molecule has 0 aliphatic carbocycles. The van der Waals surface area contributed by atoms with E-state index in [0.29, 0.717) is 0 Å². The summed E-state index contributed by atoms with van der Waals surface area (Å²) in [6, 6.07) is 16.9. The Hall–Kier alpha value is -2.29. The highest BCUT2D eigenvalue weighted by Gasteiger charge is 2.11. The zero-order chi connectivity index (χ0) is 16.1. The molecule has 1 aromatic heterocycles. The highest BCUT2D eigenvalue weighted by Crippen LogP contribution is 2.25. The number of para-hydroxylation sites is 3. The van der Waals surface area contributed by atoms with Crippen LogP contribution >= 0.6 is 0 Å². The van der Waals surface area contributed by atoms with Gasteiger partial charge >= 0.3 is 0 Å². The number of nitrogens with zero attached hydrogens (tertiary/aromatic N) is 2. The van der Waals surface area contributed by atoms with Gasteiger partial charge in [0.1, 0.15) is 0 Å². The average Bonchev–Trinajstić information content (AvgIpc) is 2.93. The van der Waals surface area contributed by atoms with Crippen LogP contribution in [0.25, 0.3) is 11.0 Å². The topological polar surface area (TPSA) is 29.9 Å². The number of hydrogen-bond acceptors (Lipinski definition) is 2. The molecule has 0 fully saturated rings. The molecule has 0 saturated carbocycles. The molecule has 120 valence electrons. The van der Waals surface area contributed by atoms with Gasteiger partial charge < -0.3 is 9.88 Å². The quantitative estimate of drug-likeness (QED) is 0.581. The van der Waals surface area contributed by atoms with Crippen LogP contribution in [-0.2, 0) is 13.0 Å². The molecule has 2 aromatic carbocycles. The van der Waals surface area contributed by atoms with Crippen molar-refractivity contribution in [3.63, 3.8) is 0 Å². The van der Waals surface area contributed by atoms with Crippen LogP contribution in [0.1, 0.15) is 38.7 Å². The molecule has 0 spiro atoms. The van der Waals surface area contributed by atoms with Crippen LogP contribution in [0.4, 0.5) is 11.6 Å². The van der Waals surface area contributed by atoms with E-state index < -0.39 is 0 Å². The summed E-state index contributed by atoms with van der Waals surface area (Å²) in [5.74, 6) is 0.947. The second kappa shape index (κ2) is 7.32. The number of fused-ring (bicyclic) bond motifs is 1. The smallest absolute Gasteiger partial charge is 0.208 e. The molecule has 0 aliphatic heterocycles. The van der Waals surface area contributed by atoms with Crippen molar-refractivity contribution in [2.45, 2.75) is 46.1 Å². The van der Waals surface area contributed by atoms with Crippen molar-refractivity contribution in [3.05, 3.63) is 54.1 Å². The molecule has 3 heteroatoms. The fraction of sp³-hybridized carbons (Fsp3) is 0.350. The van der Waals surface area contributed by atoms with Crippen LogP contribution in [0.2, 0.25) is 0 Å². The summed E-state index contributed by atoms with van der Waals surface area (Å²) in [5.41, 5.74) is 4.74. The number of aromatic nitrogens is 2. The minimum atomic E-state index is 0.947. The van der Waals surface area contributed by atoms with Crippen molar-refractivity contribution in [1.82, 2.24) is 9.55 Å². The lowest BCUT2D eigenvalue weighted by molar-refractivity contribution is 0.618. The van der Waals surface area contributed by atoms with E-state index in [0.717, 1.165) is 30.1 Å². The van der Waals surface area contributed by atoms with E-state index in [2.05, 4.69) is 72.3 Å². The summed E-state index contributed by atoms with van der Waals surface area (Å²) in [7, 11) is 0. The van der Waals surface area contributed by atoms with Crippen LogP contribution < -0.4 is 5.32 Å². The van der Waals surface area contributed by atoms with Crippen LogP contribution in [0.5, 0.6) is 0 Å². The monoisotopic (exact) mass is 307 g/mol. The number of unbranched alkanes of at least 4 members (excludes halogenated alkanes) is 2. The molecule has 0 saturated heterocycles. The maximum absolute atomic E-state index is 4.81. The first-order valence-electron chi connectivity index (χ1n) is 8.63. The van der Waals surface area contributed by atoms with Gasteiger partial charge in [-0.3, -0.25) is 0 Å². The molecular weight excluding hydrogens is 282 g/mol. The largest absolute Gasteiger partial charge is 0.325 e. The molecule has 23 heavy (non-hydrogen) atoms. The Morgan fingerprint density at radius 2 is 1.74 bits per heavy atom. The number of rotatable bonds is 7. The van der Waals surface area contributed by atoms with Gasteiger partial charge in [-0.15, -0.1) is 0 Å². The maximum atomic E-state index is 4.81. The van der Waals surface area contributed by atoms with Gasteiger partial charge in [0.25, 0.3) is 0 Å². The summed E-state index contributed by atoms with van der Waals surface area (Å²) in [6.07, 6.45) is 4.67. The second-order valence-corrected chi connectivity index (χ2v) is 5.92. The average molecular weight is 307 g/mol. The van der Waals surface area contributed by atoms with Crippen LogP contribution in [0, 0.1) is 0 Å². The van der Waals surface area contributed by atoms with E-state index in [9.17, 15) is 0 Å². The van der Waals surface area contributed by atoms with Crippen LogP contribution in [-0.4, -0.2) is 9.55 Å². The van der Waals surface area contributed by atoms with Crippen molar-refractivity contribution < 1.29 is 0 Å². The second-order valence-electron chi connectivity index (χ2n) is 5.92. The molecule has 3 nitrogen and oxygen atoms in total. The first-order valence-corrected chi connectivity index (χ1v) is 8.63. The van der Waals surface area contributed by atoms with E-state index in [1.165, 1.54) is 30.3 Å². The van der Waals surface area contributed by atoms with Gasteiger partial charge in [-0.25, -0.2) is 4.98 Å². The van der Waals surface area contributed by atoms with Gasteiger partial charge in [-0.1, -0.05) is 57.0 Å². The zero-order valence-electron chi connectivity index (χ0n) is 14.0. The maximum Gasteiger partial charge on any atom is 0.208 e. The van der Waals surface area contributed by atoms with Crippen LogP contribution in [0.15, 0.2) is 48.5 Å². The number of imidazole rings is 1. The zero-order valence-corrected chi connectivity index (χ0v) is 14.0. The molecule has 0 unspecified atom stereocenters. The molecular formula is C20H25N3. The predicted octanol–water partition coefficient (Wildman–Crippen LogP) is 5.53. The third kappa shape index (κ3) is 3.39. The van der Waals surface area contributed by atoms with Gasteiger partial charge in [0.15, 0.2) is 0 Å². The van der Waals surface area contributed by atoms with Gasteiger partial charge in [0, 0.05) is 12.2 Å². The summed E-state index contributed by atoms with van der Waals surface area (Å²) < 4.78 is 2.32. The summed E-state index contributed by atoms with van der Waals surface area (Å²) in [6.45, 7) is 5.43. The van der Waals surface area contributed by atoms with E-state index >= 15 is 0 Å². The molecule has 0 amide bonds. The molecule has 0 radical (unpaired) electrons. The van der Waals surface area contributed by atoms with Crippen molar-refractivity contribution in [1.29, 1.82) is 0 Å². The van der Waals surface area contributed by atoms with Gasteiger partial charge in [-0.05, 0) is 36.6 Å². The number of hydrogen-bond donors (Lipinski definition) is 1. The number of nitrogens with one attached hydrogen (secondary N) is 1. The highest BCUT2D eigenvalue weighted by atomic mass is 15.2. The molecule has 3 rings (SSSR count). The Bertz CT molecular complexity index is 773. The lowest BCUT2D eigenvalue weighted by atomic mass is 10.1. The van der Waals surface area contributed by atoms with Crippen LogP contribution in [0.3, 0.4) is 0 Å². The fourth-order valence-corrected chi connectivity index (χ4v) is 2.99. The predicted molar refractivity (Wildman–Crippen MR) is 98.4 cm³/mol. The Morgan fingerprint density at radius 3 is 2.57 bits per heavy atom. The lowest BCUT2D eigenvalue weighted by Gasteiger charge is -2.13. The summed E-state index contributed by atoms with van der Waals surface area (Å²) in [5, 5.41) is 3.56. The molecule has 0 bridgehead atoms. The first-order chi connectivity index (χ1) is 11.3. The molecule has 0 atom stereocenters. The fourth-order valence-electron chi connectivity index (χ4n) is 2.99. The van der Waals surface area contributed by atoms with Gasteiger partial charge in [-0.2, -0.15) is 0 Å². The molecule has 3 aromatic rings. The van der Waals surface area contributed by atoms with Crippen molar-refractivity contribution in [3.8, 4) is 0 Å². The number of anilines is 2. The molecule has 1 heterocycles. The summed E-state index contributed by atoms with van der Waals surface area (Å²) >= 11 is 0. The molecule has 0 aliphatic rings. The van der Waals surface area contributed by atoms with E-state index in [1.54, 1.807) is 0 Å². The highest BCUT2D eigenvalue weighted by molar-refractivity contribution is 5.79. The Morgan fingerprint density at radius 1 is 0.957 bits per heavy atom. The van der Waals surface area contributed by atoms with E-state index in [-0.39, 0.29) is 0 Å². The Labute approximate surface area is 138 Å². The minimum Gasteiger partial charge on any atom is -0.325 e. The first kappa shape index (κ1) is 15.6. The van der Waals surface area contributed by atoms with Crippen molar-refractivity contribution >= 4 is 22.7 Å². The Kier molecular flexibility index (Phi) is 4.96. The Balaban J connectivity index is 1.97. The van der Waals surface area contributed by atoms with E-state index in [1.807, 2.05) is 0 Å². The minimum absolute atomic E-state index is 0.947. The lowest BCUT2D eigenvalue weighted by Crippen LogP contribution is -2.05. The number of aryl methyl sites for hydroxylation is 2. The summed E-state index contributed by atoms with van der Waals surface area (Å²) in [4.78, 5) is 4.81. The van der Waals surface area contributed by atoms with Crippen molar-refractivity contribution in [2.24, 2.45) is 0 Å². The van der Waals surface area contributed by atoms with Gasteiger partial charge in [0.2, 0.25) is 5.95 Å². The van der Waals surface area contributed by atoms with Crippen molar-refractivity contribution in [2.75, 3.05) is 5.32 Å².